The van der Waals surface area contributed by atoms with Crippen LogP contribution in [0.5, 0.6) is 5.75 Å². The van der Waals surface area contributed by atoms with Crippen LogP contribution in [0.4, 0.5) is 30.7 Å². The summed E-state index contributed by atoms with van der Waals surface area (Å²) in [5.74, 6) is -1.23. The van der Waals surface area contributed by atoms with Crippen LogP contribution in [0.1, 0.15) is 31.7 Å². The summed E-state index contributed by atoms with van der Waals surface area (Å²) in [6.45, 7) is 2.48. The van der Waals surface area contributed by atoms with E-state index in [0.717, 1.165) is 18.2 Å². The van der Waals surface area contributed by atoms with E-state index in [0.29, 0.717) is 38.0 Å². The lowest BCUT2D eigenvalue weighted by Crippen LogP contribution is -2.53. The second-order valence-corrected chi connectivity index (χ2v) is 8.68. The van der Waals surface area contributed by atoms with E-state index >= 15 is 0 Å². The molecule has 0 aliphatic carbocycles. The highest BCUT2D eigenvalue weighted by Gasteiger charge is 2.71. The molecule has 0 spiro atoms. The first-order chi connectivity index (χ1) is 16.8. The average molecular weight is 521 g/mol. The van der Waals surface area contributed by atoms with Crippen molar-refractivity contribution >= 4 is 21.7 Å². The number of unbranched alkanes of at least 4 members (excludes halogenated alkanes) is 1. The minimum absolute atomic E-state index is 0.0400. The summed E-state index contributed by atoms with van der Waals surface area (Å²) < 4.78 is 108. The maximum Gasteiger partial charge on any atom is 0.430 e. The van der Waals surface area contributed by atoms with E-state index in [1.54, 1.807) is 0 Å². The molecule has 1 N–H and O–H groups in total. The monoisotopic (exact) mass is 521 g/mol. The Labute approximate surface area is 200 Å². The number of rotatable bonds is 6. The molecule has 12 heteroatoms. The lowest BCUT2D eigenvalue weighted by Gasteiger charge is -2.33. The fraction of sp³-hybridized carbons (Fsp3) is 0.458. The van der Waals surface area contributed by atoms with Gasteiger partial charge in [-0.3, -0.25) is 4.79 Å². The zero-order chi connectivity index (χ0) is 26.5. The van der Waals surface area contributed by atoms with Gasteiger partial charge in [0.05, 0.1) is 24.1 Å². The van der Waals surface area contributed by atoms with Gasteiger partial charge in [-0.15, -0.1) is 0 Å². The highest BCUT2D eigenvalue weighted by molar-refractivity contribution is 6.06. The molecule has 196 valence electrons. The molecule has 0 radical (unpaired) electrons. The van der Waals surface area contributed by atoms with Crippen molar-refractivity contribution in [2.45, 2.75) is 56.8 Å². The Morgan fingerprint density at radius 1 is 1.06 bits per heavy atom. The number of nitrogens with zero attached hydrogens (tertiary/aromatic N) is 1. The van der Waals surface area contributed by atoms with Crippen molar-refractivity contribution in [2.24, 2.45) is 0 Å². The lowest BCUT2D eigenvalue weighted by molar-refractivity contribution is -0.376. The summed E-state index contributed by atoms with van der Waals surface area (Å²) in [5.41, 5.74) is -7.26. The molecule has 0 amide bonds. The van der Waals surface area contributed by atoms with Gasteiger partial charge in [0.2, 0.25) is 0 Å². The van der Waals surface area contributed by atoms with Gasteiger partial charge in [-0.05, 0) is 30.7 Å². The smallest absolute Gasteiger partial charge is 0.430 e. The quantitative estimate of drug-likeness (QED) is 0.340. The minimum Gasteiger partial charge on any atom is -0.485 e. The maximum atomic E-state index is 14.9. The van der Waals surface area contributed by atoms with Gasteiger partial charge in [0, 0.05) is 29.3 Å². The van der Waals surface area contributed by atoms with Crippen LogP contribution in [-0.2, 0) is 16.9 Å². The number of aromatic nitrogens is 1. The third-order valence-electron chi connectivity index (χ3n) is 6.28. The molecule has 0 saturated carbocycles. The van der Waals surface area contributed by atoms with Crippen molar-refractivity contribution in [1.29, 1.82) is 0 Å². The second kappa shape index (κ2) is 9.22. The molecule has 4 rings (SSSR count). The summed E-state index contributed by atoms with van der Waals surface area (Å²) >= 11 is 0. The van der Waals surface area contributed by atoms with Crippen LogP contribution < -0.4 is 10.3 Å². The predicted molar refractivity (Wildman–Crippen MR) is 116 cm³/mol. The average Bonchev–Trinajstić information content (AvgIpc) is 3.31. The molecule has 0 bridgehead atoms. The van der Waals surface area contributed by atoms with Gasteiger partial charge in [-0.1, -0.05) is 19.4 Å². The van der Waals surface area contributed by atoms with Crippen molar-refractivity contribution < 1.29 is 45.3 Å². The summed E-state index contributed by atoms with van der Waals surface area (Å²) in [4.78, 5) is 13.2. The first-order valence-corrected chi connectivity index (χ1v) is 11.2. The number of aliphatic hydroxyl groups is 1. The molecule has 1 atom stereocenters. The molecular weight excluding hydrogens is 499 g/mol. The van der Waals surface area contributed by atoms with E-state index < -0.39 is 41.0 Å². The fourth-order valence-electron chi connectivity index (χ4n) is 4.32. The van der Waals surface area contributed by atoms with E-state index in [-0.39, 0.29) is 40.6 Å². The Morgan fingerprint density at radius 3 is 2.33 bits per heavy atom. The molecule has 3 aromatic rings. The normalized spacial score (nSPS) is 17.3. The number of hydrogen-bond acceptors (Lipinski definition) is 4. The Hall–Kier alpha value is -2.86. The molecule has 2 aromatic carbocycles. The van der Waals surface area contributed by atoms with Crippen molar-refractivity contribution in [3.05, 3.63) is 52.1 Å². The Morgan fingerprint density at radius 2 is 1.75 bits per heavy atom. The topological polar surface area (TPSA) is 60.7 Å². The van der Waals surface area contributed by atoms with Crippen LogP contribution in [0, 0.1) is 5.82 Å². The summed E-state index contributed by atoms with van der Waals surface area (Å²) in [5, 5.41) is 9.38. The van der Waals surface area contributed by atoms with E-state index in [1.807, 2.05) is 6.92 Å². The van der Waals surface area contributed by atoms with Gasteiger partial charge in [-0.2, -0.15) is 26.3 Å². The summed E-state index contributed by atoms with van der Waals surface area (Å²) in [6.07, 6.45) is -11.1. The molecule has 2 heterocycles. The third kappa shape index (κ3) is 4.30. The lowest BCUT2D eigenvalue weighted by atomic mass is 9.90. The molecule has 1 aliphatic rings. The van der Waals surface area contributed by atoms with Crippen LogP contribution in [0.15, 0.2) is 35.1 Å². The van der Waals surface area contributed by atoms with Gasteiger partial charge < -0.3 is 19.1 Å². The highest BCUT2D eigenvalue weighted by atomic mass is 19.4. The maximum absolute atomic E-state index is 14.9. The first-order valence-electron chi connectivity index (χ1n) is 11.2. The van der Waals surface area contributed by atoms with E-state index in [9.17, 15) is 40.6 Å². The van der Waals surface area contributed by atoms with Gasteiger partial charge in [0.25, 0.3) is 11.2 Å². The zero-order valence-corrected chi connectivity index (χ0v) is 19.0. The second-order valence-electron chi connectivity index (χ2n) is 8.68. The number of pyridine rings is 1. The van der Waals surface area contributed by atoms with Crippen molar-refractivity contribution in [3.8, 4) is 5.75 Å². The van der Waals surface area contributed by atoms with Gasteiger partial charge in [-0.25, -0.2) is 4.39 Å². The van der Waals surface area contributed by atoms with Gasteiger partial charge >= 0.3 is 12.4 Å². The molecule has 1 fully saturated rings. The zero-order valence-electron chi connectivity index (χ0n) is 19.0. The Balaban J connectivity index is 2.04. The standard InChI is InChI=1S/C24H22F7NO4/c1-2-3-7-32-19-5-4-13(22(34,23(26,27)28)24(29,30)31)9-16(19)15-11-20(36-14-6-8-35-12-14)18(25)10-17(15)21(32)33/h4-5,9-11,14,34H,2-3,6-8,12H2,1H3/t14-/m0/s1. The largest absolute Gasteiger partial charge is 0.485 e. The molecule has 1 saturated heterocycles. The molecule has 1 aromatic heterocycles. The Kier molecular flexibility index (Phi) is 6.71. The molecule has 5 nitrogen and oxygen atoms in total. The van der Waals surface area contributed by atoms with Crippen molar-refractivity contribution in [1.82, 2.24) is 4.57 Å². The van der Waals surface area contributed by atoms with E-state index in [4.69, 9.17) is 9.47 Å². The van der Waals surface area contributed by atoms with E-state index in [2.05, 4.69) is 0 Å². The number of halogens is 7. The predicted octanol–water partition coefficient (Wildman–Crippen LogP) is 5.57. The number of aryl methyl sites for hydroxylation is 1. The number of benzene rings is 2. The fourth-order valence-corrected chi connectivity index (χ4v) is 4.32. The number of ether oxygens (including phenoxy) is 2. The number of fused-ring (bicyclic) bond motifs is 3. The first kappa shape index (κ1) is 26.2. The third-order valence-corrected chi connectivity index (χ3v) is 6.28. The minimum atomic E-state index is -6.09. The highest BCUT2D eigenvalue weighted by Crippen LogP contribution is 2.50. The summed E-state index contributed by atoms with van der Waals surface area (Å²) in [7, 11) is 0. The van der Waals surface area contributed by atoms with Crippen LogP contribution in [-0.4, -0.2) is 41.3 Å². The van der Waals surface area contributed by atoms with Gasteiger partial charge in [0.1, 0.15) is 6.10 Å². The molecule has 36 heavy (non-hydrogen) atoms. The number of hydrogen-bond donors (Lipinski definition) is 1. The molecular formula is C24H22F7NO4. The summed E-state index contributed by atoms with van der Waals surface area (Å²) in [6, 6.07) is 3.91. The van der Waals surface area contributed by atoms with Crippen LogP contribution in [0.3, 0.4) is 0 Å². The van der Waals surface area contributed by atoms with Crippen LogP contribution in [0.25, 0.3) is 21.7 Å². The van der Waals surface area contributed by atoms with Crippen molar-refractivity contribution in [2.75, 3.05) is 13.2 Å². The number of alkyl halides is 6. The molecule has 1 aliphatic heterocycles. The van der Waals surface area contributed by atoms with Crippen molar-refractivity contribution in [3.63, 3.8) is 0 Å². The SMILES string of the molecule is CCCCn1c(=O)c2cc(F)c(O[C@H]3CCOC3)cc2c2cc(C(O)(C(F)(F)F)C(F)(F)F)ccc21. The Bertz CT molecular complexity index is 1330. The molecule has 0 unspecified atom stereocenters. The van der Waals surface area contributed by atoms with Gasteiger partial charge in [0.15, 0.2) is 11.6 Å². The van der Waals surface area contributed by atoms with E-state index in [1.165, 1.54) is 4.57 Å². The van der Waals surface area contributed by atoms with Crippen LogP contribution in [0.2, 0.25) is 0 Å². The van der Waals surface area contributed by atoms with Crippen LogP contribution >= 0.6 is 0 Å².